The number of allylic oxidation sites excluding steroid dienone is 1. The number of aromatic nitrogens is 1. The largest absolute Gasteiger partial charge is 0.534 e. The molecule has 0 atom stereocenters. The summed E-state index contributed by atoms with van der Waals surface area (Å²) in [5.74, 6) is 0.0986. The summed E-state index contributed by atoms with van der Waals surface area (Å²) in [6.45, 7) is 0. The Kier molecular flexibility index (Phi) is 5.09. The SMILES string of the molecule is COc1ccc2c(c1)CCC(c1ccncc1Cl)=C2OS(=O)(=O)C(F)(F)F. The second-order valence-electron chi connectivity index (χ2n) is 5.67. The van der Waals surface area contributed by atoms with Gasteiger partial charge in [0.1, 0.15) is 5.75 Å². The smallest absolute Gasteiger partial charge is 0.497 e. The van der Waals surface area contributed by atoms with Crippen LogP contribution in [-0.2, 0) is 20.7 Å². The van der Waals surface area contributed by atoms with Crippen LogP contribution in [0.4, 0.5) is 13.2 Å². The van der Waals surface area contributed by atoms with Gasteiger partial charge >= 0.3 is 15.6 Å². The third-order valence-electron chi connectivity index (χ3n) is 4.05. The Morgan fingerprint density at radius 2 is 1.89 bits per heavy atom. The van der Waals surface area contributed by atoms with Crippen LogP contribution in [0.2, 0.25) is 5.02 Å². The molecule has 2 aromatic rings. The normalized spacial score (nSPS) is 14.7. The van der Waals surface area contributed by atoms with E-state index in [0.29, 0.717) is 23.3 Å². The van der Waals surface area contributed by atoms with Crippen molar-refractivity contribution in [3.8, 4) is 5.75 Å². The van der Waals surface area contributed by atoms with Crippen molar-refractivity contribution in [1.29, 1.82) is 0 Å². The molecule has 0 aliphatic heterocycles. The lowest BCUT2D eigenvalue weighted by molar-refractivity contribution is -0.0509. The molecule has 1 aromatic heterocycles. The number of hydrogen-bond donors (Lipinski definition) is 0. The maximum atomic E-state index is 12.9. The predicted molar refractivity (Wildman–Crippen MR) is 93.4 cm³/mol. The van der Waals surface area contributed by atoms with Crippen LogP contribution in [0.5, 0.6) is 5.75 Å². The Balaban J connectivity index is 2.23. The van der Waals surface area contributed by atoms with E-state index < -0.39 is 21.4 Å². The second-order valence-corrected chi connectivity index (χ2v) is 7.61. The second kappa shape index (κ2) is 7.05. The monoisotopic (exact) mass is 419 g/mol. The van der Waals surface area contributed by atoms with Crippen LogP contribution in [0.25, 0.3) is 11.3 Å². The minimum absolute atomic E-state index is 0.176. The molecule has 0 radical (unpaired) electrons. The summed E-state index contributed by atoms with van der Waals surface area (Å²) >= 11 is 6.11. The van der Waals surface area contributed by atoms with Gasteiger partial charge < -0.3 is 8.92 Å². The van der Waals surface area contributed by atoms with E-state index >= 15 is 0 Å². The van der Waals surface area contributed by atoms with Crippen molar-refractivity contribution in [1.82, 2.24) is 4.98 Å². The number of aryl methyl sites for hydroxylation is 1. The topological polar surface area (TPSA) is 65.5 Å². The number of ether oxygens (including phenoxy) is 1. The molecule has 0 amide bonds. The maximum absolute atomic E-state index is 12.9. The van der Waals surface area contributed by atoms with E-state index in [-0.39, 0.29) is 22.6 Å². The van der Waals surface area contributed by atoms with Gasteiger partial charge in [-0.25, -0.2) is 0 Å². The minimum Gasteiger partial charge on any atom is -0.497 e. The first-order valence-electron chi connectivity index (χ1n) is 7.65. The number of nitrogens with zero attached hydrogens (tertiary/aromatic N) is 1. The standard InChI is InChI=1S/C17H13ClF3NO4S/c1-25-11-3-5-12-10(8-11)2-4-14(13-6-7-22-9-15(13)18)16(12)26-27(23,24)17(19,20)21/h3,5-9H,2,4H2,1H3. The molecule has 144 valence electrons. The van der Waals surface area contributed by atoms with Gasteiger partial charge in [0.2, 0.25) is 0 Å². The number of hydrogen-bond acceptors (Lipinski definition) is 5. The van der Waals surface area contributed by atoms with Gasteiger partial charge in [-0.15, -0.1) is 0 Å². The van der Waals surface area contributed by atoms with Crippen molar-refractivity contribution in [2.75, 3.05) is 7.11 Å². The fraction of sp³-hybridized carbons (Fsp3) is 0.235. The van der Waals surface area contributed by atoms with Crippen LogP contribution in [-0.4, -0.2) is 26.0 Å². The van der Waals surface area contributed by atoms with Crippen molar-refractivity contribution in [2.24, 2.45) is 0 Å². The van der Waals surface area contributed by atoms with Crippen molar-refractivity contribution in [2.45, 2.75) is 18.3 Å². The minimum atomic E-state index is -5.86. The van der Waals surface area contributed by atoms with Gasteiger partial charge in [-0.05, 0) is 42.7 Å². The van der Waals surface area contributed by atoms with Crippen LogP contribution >= 0.6 is 11.6 Å². The molecular weight excluding hydrogens is 407 g/mol. The highest BCUT2D eigenvalue weighted by Crippen LogP contribution is 2.42. The van der Waals surface area contributed by atoms with Crippen molar-refractivity contribution < 1.29 is 30.5 Å². The average Bonchev–Trinajstić information content (AvgIpc) is 2.61. The highest BCUT2D eigenvalue weighted by atomic mass is 35.5. The molecule has 3 rings (SSSR count). The summed E-state index contributed by atoms with van der Waals surface area (Å²) < 4.78 is 71.7. The summed E-state index contributed by atoms with van der Waals surface area (Å²) in [6.07, 6.45) is 3.41. The Morgan fingerprint density at radius 1 is 1.15 bits per heavy atom. The molecule has 0 fully saturated rings. The fourth-order valence-corrected chi connectivity index (χ4v) is 3.53. The fourth-order valence-electron chi connectivity index (χ4n) is 2.79. The Hall–Kier alpha value is -2.26. The molecule has 0 saturated heterocycles. The highest BCUT2D eigenvalue weighted by Gasteiger charge is 2.49. The van der Waals surface area contributed by atoms with Crippen molar-refractivity contribution in [3.05, 3.63) is 58.4 Å². The van der Waals surface area contributed by atoms with Crippen LogP contribution in [0, 0.1) is 0 Å². The number of halogens is 4. The van der Waals surface area contributed by atoms with Gasteiger partial charge in [-0.3, -0.25) is 4.98 Å². The van der Waals surface area contributed by atoms with Crippen LogP contribution in [0.15, 0.2) is 36.7 Å². The number of rotatable bonds is 4. The summed E-state index contributed by atoms with van der Waals surface area (Å²) in [4.78, 5) is 3.84. The lowest BCUT2D eigenvalue weighted by Gasteiger charge is -2.24. The third-order valence-corrected chi connectivity index (χ3v) is 5.30. The molecule has 5 nitrogen and oxygen atoms in total. The van der Waals surface area contributed by atoms with Gasteiger partial charge in [0.25, 0.3) is 0 Å². The quantitative estimate of drug-likeness (QED) is 0.542. The van der Waals surface area contributed by atoms with E-state index in [9.17, 15) is 21.6 Å². The first-order valence-corrected chi connectivity index (χ1v) is 9.43. The zero-order valence-corrected chi connectivity index (χ0v) is 15.5. The van der Waals surface area contributed by atoms with E-state index in [1.807, 2.05) is 0 Å². The molecule has 1 heterocycles. The molecule has 10 heteroatoms. The Bertz CT molecular complexity index is 1020. The van der Waals surface area contributed by atoms with E-state index in [2.05, 4.69) is 9.17 Å². The Labute approximate surface area is 158 Å². The zero-order valence-electron chi connectivity index (χ0n) is 13.9. The molecular formula is C17H13ClF3NO4S. The van der Waals surface area contributed by atoms with Gasteiger partial charge in [0.05, 0.1) is 12.1 Å². The summed E-state index contributed by atoms with van der Waals surface area (Å²) in [5, 5.41) is 0.176. The molecule has 0 saturated carbocycles. The van der Waals surface area contributed by atoms with Crippen molar-refractivity contribution >= 4 is 33.1 Å². The molecule has 0 bridgehead atoms. The van der Waals surface area contributed by atoms with Crippen LogP contribution in [0.3, 0.4) is 0 Å². The summed E-state index contributed by atoms with van der Waals surface area (Å²) in [7, 11) is -4.40. The van der Waals surface area contributed by atoms with Crippen LogP contribution in [0.1, 0.15) is 23.1 Å². The van der Waals surface area contributed by atoms with Gasteiger partial charge in [0.15, 0.2) is 5.76 Å². The first-order chi connectivity index (χ1) is 12.6. The van der Waals surface area contributed by atoms with Gasteiger partial charge in [0, 0.05) is 29.1 Å². The third kappa shape index (κ3) is 3.74. The number of methoxy groups -OCH3 is 1. The molecule has 1 aliphatic carbocycles. The average molecular weight is 420 g/mol. The summed E-state index contributed by atoms with van der Waals surface area (Å²) in [6, 6.07) is 6.10. The van der Waals surface area contributed by atoms with Gasteiger partial charge in [-0.2, -0.15) is 21.6 Å². The summed E-state index contributed by atoms with van der Waals surface area (Å²) in [5.41, 5.74) is -4.10. The van der Waals surface area contributed by atoms with Crippen molar-refractivity contribution in [3.63, 3.8) is 0 Å². The Morgan fingerprint density at radius 3 is 2.52 bits per heavy atom. The van der Waals surface area contributed by atoms with E-state index in [1.165, 1.54) is 37.7 Å². The molecule has 1 aliphatic rings. The number of alkyl halides is 3. The van der Waals surface area contributed by atoms with E-state index in [1.54, 1.807) is 6.07 Å². The lowest BCUT2D eigenvalue weighted by Crippen LogP contribution is -2.26. The molecule has 0 spiro atoms. The number of fused-ring (bicyclic) bond motifs is 1. The molecule has 0 unspecified atom stereocenters. The highest BCUT2D eigenvalue weighted by molar-refractivity contribution is 7.87. The maximum Gasteiger partial charge on any atom is 0.534 e. The van der Waals surface area contributed by atoms with Gasteiger partial charge in [-0.1, -0.05) is 11.6 Å². The predicted octanol–water partition coefficient (Wildman–Crippen LogP) is 4.42. The number of pyridine rings is 1. The van der Waals surface area contributed by atoms with E-state index in [4.69, 9.17) is 16.3 Å². The molecule has 0 N–H and O–H groups in total. The van der Waals surface area contributed by atoms with Crippen LogP contribution < -0.4 is 4.74 Å². The molecule has 27 heavy (non-hydrogen) atoms. The molecule has 1 aromatic carbocycles. The lowest BCUT2D eigenvalue weighted by atomic mass is 9.87. The van der Waals surface area contributed by atoms with E-state index in [0.717, 1.165) is 0 Å². The zero-order chi connectivity index (χ0) is 19.8. The number of benzene rings is 1. The first kappa shape index (κ1) is 19.5.